The number of carbonyl (C=O) groups is 1. The fraction of sp³-hybridized carbons (Fsp3) is 0.300. The summed E-state index contributed by atoms with van der Waals surface area (Å²) in [6.45, 7) is 2.00. The van der Waals surface area contributed by atoms with Gasteiger partial charge in [0.1, 0.15) is 6.04 Å². The van der Waals surface area contributed by atoms with Crippen LogP contribution in [-0.4, -0.2) is 17.1 Å². The molecule has 0 aliphatic carbocycles. The van der Waals surface area contributed by atoms with Crippen molar-refractivity contribution >= 4 is 27.6 Å². The molecule has 3 nitrogen and oxygen atoms in total. The summed E-state index contributed by atoms with van der Waals surface area (Å²) in [5, 5.41) is 11.8. The van der Waals surface area contributed by atoms with E-state index < -0.39 is 12.0 Å². The van der Waals surface area contributed by atoms with Crippen LogP contribution in [0.25, 0.3) is 0 Å². The summed E-state index contributed by atoms with van der Waals surface area (Å²) in [5.74, 6) is -0.796. The van der Waals surface area contributed by atoms with E-state index >= 15 is 0 Å². The second-order valence-corrected chi connectivity index (χ2v) is 4.35. The molecule has 0 bridgehead atoms. The van der Waals surface area contributed by atoms with E-state index in [1.165, 1.54) is 0 Å². The van der Waals surface area contributed by atoms with E-state index in [0.29, 0.717) is 6.42 Å². The van der Waals surface area contributed by atoms with E-state index in [-0.39, 0.29) is 0 Å². The molecule has 74 valence electrons. The average Bonchev–Trinajstić information content (AvgIpc) is 2.48. The maximum atomic E-state index is 10.8. The van der Waals surface area contributed by atoms with Gasteiger partial charge in [0.2, 0.25) is 0 Å². The van der Waals surface area contributed by atoms with Gasteiger partial charge >= 0.3 is 5.97 Å². The summed E-state index contributed by atoms with van der Waals surface area (Å²) in [6.07, 6.45) is 0.568. The van der Waals surface area contributed by atoms with E-state index in [2.05, 4.69) is 21.2 Å². The summed E-state index contributed by atoms with van der Waals surface area (Å²) < 4.78 is 1.01. The highest BCUT2D eigenvalue weighted by atomic mass is 79.9. The van der Waals surface area contributed by atoms with Gasteiger partial charge in [-0.25, -0.2) is 4.79 Å². The number of rotatable bonds is 1. The van der Waals surface area contributed by atoms with Crippen molar-refractivity contribution in [2.75, 3.05) is 5.32 Å². The van der Waals surface area contributed by atoms with Crippen LogP contribution < -0.4 is 5.32 Å². The average molecular weight is 256 g/mol. The molecular formula is C10H10BrNO2. The molecule has 1 heterocycles. The molecule has 1 atom stereocenters. The van der Waals surface area contributed by atoms with Crippen molar-refractivity contribution in [2.45, 2.75) is 19.4 Å². The normalized spacial score (nSPS) is 18.9. The second kappa shape index (κ2) is 3.28. The zero-order valence-electron chi connectivity index (χ0n) is 7.67. The van der Waals surface area contributed by atoms with Crippen molar-refractivity contribution in [3.05, 3.63) is 27.7 Å². The van der Waals surface area contributed by atoms with Crippen LogP contribution in [0.4, 0.5) is 5.69 Å². The summed E-state index contributed by atoms with van der Waals surface area (Å²) in [4.78, 5) is 10.8. The third-order valence-corrected chi connectivity index (χ3v) is 3.29. The summed E-state index contributed by atoms with van der Waals surface area (Å²) in [5.41, 5.74) is 3.14. The number of aryl methyl sites for hydroxylation is 1. The van der Waals surface area contributed by atoms with Crippen molar-refractivity contribution in [1.82, 2.24) is 0 Å². The molecule has 0 fully saturated rings. The standard InChI is InChI=1S/C10H10BrNO2/c1-5-2-6-3-9(10(13)14)12-8(6)4-7(5)11/h2,4,9,12H,3H2,1H3,(H,13,14). The highest BCUT2D eigenvalue weighted by molar-refractivity contribution is 9.10. The molecule has 2 N–H and O–H groups in total. The fourth-order valence-corrected chi connectivity index (χ4v) is 2.00. The van der Waals surface area contributed by atoms with E-state index in [9.17, 15) is 4.79 Å². The third-order valence-electron chi connectivity index (χ3n) is 2.44. The van der Waals surface area contributed by atoms with Gasteiger partial charge in [-0.05, 0) is 24.1 Å². The Hall–Kier alpha value is -1.03. The Morgan fingerprint density at radius 1 is 1.64 bits per heavy atom. The van der Waals surface area contributed by atoms with Crippen LogP contribution in [0.15, 0.2) is 16.6 Å². The van der Waals surface area contributed by atoms with Gasteiger partial charge in [0.25, 0.3) is 0 Å². The second-order valence-electron chi connectivity index (χ2n) is 3.50. The molecule has 0 spiro atoms. The largest absolute Gasteiger partial charge is 0.480 e. The van der Waals surface area contributed by atoms with Crippen molar-refractivity contribution < 1.29 is 9.90 Å². The van der Waals surface area contributed by atoms with Crippen molar-refractivity contribution in [2.24, 2.45) is 0 Å². The van der Waals surface area contributed by atoms with Gasteiger partial charge in [0, 0.05) is 16.6 Å². The lowest BCUT2D eigenvalue weighted by Gasteiger charge is -2.04. The summed E-state index contributed by atoms with van der Waals surface area (Å²) >= 11 is 3.42. The van der Waals surface area contributed by atoms with Crippen molar-refractivity contribution in [3.8, 4) is 0 Å². The first-order chi connectivity index (χ1) is 6.58. The molecule has 0 amide bonds. The number of nitrogens with one attached hydrogen (secondary N) is 1. The summed E-state index contributed by atoms with van der Waals surface area (Å²) in [7, 11) is 0. The Morgan fingerprint density at radius 3 is 3.00 bits per heavy atom. The van der Waals surface area contributed by atoms with Crippen molar-refractivity contribution in [1.29, 1.82) is 0 Å². The molecule has 1 aromatic carbocycles. The number of carboxylic acids is 1. The number of fused-ring (bicyclic) bond motifs is 1. The Bertz CT molecular complexity index is 372. The third kappa shape index (κ3) is 1.50. The number of benzene rings is 1. The topological polar surface area (TPSA) is 49.3 Å². The van der Waals surface area contributed by atoms with Crippen LogP contribution >= 0.6 is 15.9 Å². The van der Waals surface area contributed by atoms with Crippen LogP contribution in [-0.2, 0) is 11.2 Å². The Labute approximate surface area is 90.3 Å². The van der Waals surface area contributed by atoms with Gasteiger partial charge in [-0.3, -0.25) is 0 Å². The van der Waals surface area contributed by atoms with Crippen molar-refractivity contribution in [3.63, 3.8) is 0 Å². The number of carboxylic acid groups (broad SMARTS) is 1. The smallest absolute Gasteiger partial charge is 0.326 e. The minimum absolute atomic E-state index is 0.473. The van der Waals surface area contributed by atoms with Crippen LogP contribution in [0.1, 0.15) is 11.1 Å². The Morgan fingerprint density at radius 2 is 2.36 bits per heavy atom. The predicted molar refractivity (Wildman–Crippen MR) is 57.6 cm³/mol. The highest BCUT2D eigenvalue weighted by Gasteiger charge is 2.26. The monoisotopic (exact) mass is 255 g/mol. The van der Waals surface area contributed by atoms with Gasteiger partial charge in [0.05, 0.1) is 0 Å². The highest BCUT2D eigenvalue weighted by Crippen LogP contribution is 2.31. The van der Waals surface area contributed by atoms with E-state index in [4.69, 9.17) is 5.11 Å². The molecule has 0 aromatic heterocycles. The molecule has 1 aliphatic heterocycles. The van der Waals surface area contributed by atoms with E-state index in [1.807, 2.05) is 19.1 Å². The zero-order chi connectivity index (χ0) is 10.3. The molecule has 0 saturated heterocycles. The molecule has 4 heteroatoms. The molecule has 1 unspecified atom stereocenters. The lowest BCUT2D eigenvalue weighted by Crippen LogP contribution is -2.26. The van der Waals surface area contributed by atoms with Gasteiger partial charge in [0.15, 0.2) is 0 Å². The number of hydrogen-bond donors (Lipinski definition) is 2. The van der Waals surface area contributed by atoms with Crippen LogP contribution in [0.5, 0.6) is 0 Å². The lowest BCUT2D eigenvalue weighted by molar-refractivity contribution is -0.137. The van der Waals surface area contributed by atoms with Crippen LogP contribution in [0, 0.1) is 6.92 Å². The Balaban J connectivity index is 2.36. The fourth-order valence-electron chi connectivity index (χ4n) is 1.65. The number of anilines is 1. The lowest BCUT2D eigenvalue weighted by atomic mass is 10.1. The Kier molecular flexibility index (Phi) is 2.23. The number of halogens is 1. The minimum atomic E-state index is -0.796. The molecule has 0 saturated carbocycles. The predicted octanol–water partition coefficient (Wildman–Crippen LogP) is 2.18. The molecule has 1 aromatic rings. The summed E-state index contributed by atoms with van der Waals surface area (Å²) in [6, 6.07) is 3.49. The number of hydrogen-bond acceptors (Lipinski definition) is 2. The maximum Gasteiger partial charge on any atom is 0.326 e. The first kappa shape index (κ1) is 9.52. The van der Waals surface area contributed by atoms with Gasteiger partial charge < -0.3 is 10.4 Å². The zero-order valence-corrected chi connectivity index (χ0v) is 9.26. The van der Waals surface area contributed by atoms with Crippen LogP contribution in [0.3, 0.4) is 0 Å². The van der Waals surface area contributed by atoms with E-state index in [1.54, 1.807) is 0 Å². The quantitative estimate of drug-likeness (QED) is 0.809. The molecule has 2 rings (SSSR count). The maximum absolute atomic E-state index is 10.8. The van der Waals surface area contributed by atoms with Crippen LogP contribution in [0.2, 0.25) is 0 Å². The minimum Gasteiger partial charge on any atom is -0.480 e. The van der Waals surface area contributed by atoms with Gasteiger partial charge in [-0.2, -0.15) is 0 Å². The molecule has 14 heavy (non-hydrogen) atoms. The number of aliphatic carboxylic acids is 1. The first-order valence-corrected chi connectivity index (χ1v) is 5.15. The molecule has 1 aliphatic rings. The molecular weight excluding hydrogens is 246 g/mol. The van der Waals surface area contributed by atoms with Gasteiger partial charge in [-0.1, -0.05) is 22.0 Å². The SMILES string of the molecule is Cc1cc2c(cc1Br)NC(C(=O)O)C2. The van der Waals surface area contributed by atoms with Gasteiger partial charge in [-0.15, -0.1) is 0 Å². The van der Waals surface area contributed by atoms with E-state index in [0.717, 1.165) is 21.3 Å². The first-order valence-electron chi connectivity index (χ1n) is 4.36. The molecule has 0 radical (unpaired) electrons.